The van der Waals surface area contributed by atoms with Crippen molar-refractivity contribution in [1.29, 1.82) is 0 Å². The Balaban J connectivity index is 1.13. The molecule has 5 aromatic rings. The van der Waals surface area contributed by atoms with E-state index in [-0.39, 0.29) is 17.6 Å². The van der Waals surface area contributed by atoms with Crippen LogP contribution in [0.3, 0.4) is 0 Å². The number of carbonyl (C=O) groups is 2. The van der Waals surface area contributed by atoms with E-state index in [2.05, 4.69) is 25.0 Å². The number of piperazine rings is 1. The molecular formula is C30H26FN7O2S. The SMILES string of the molecule is Cc1nsc(Nc2cnc3ccccc3n2)c1C(=O)Nc1cccc(C(=O)N2CCN(c3ccccc3F)CC2)c1. The molecule has 3 aromatic carbocycles. The van der Waals surface area contributed by atoms with Gasteiger partial charge in [0.1, 0.15) is 16.6 Å². The number of rotatable bonds is 6. The first-order valence-electron chi connectivity index (χ1n) is 13.1. The summed E-state index contributed by atoms with van der Waals surface area (Å²) in [5, 5.41) is 6.63. The molecule has 0 spiro atoms. The van der Waals surface area contributed by atoms with E-state index in [0.29, 0.717) is 65.2 Å². The molecule has 1 saturated heterocycles. The van der Waals surface area contributed by atoms with E-state index >= 15 is 0 Å². The Morgan fingerprint density at radius 3 is 2.49 bits per heavy atom. The van der Waals surface area contributed by atoms with E-state index in [9.17, 15) is 14.0 Å². The fourth-order valence-corrected chi connectivity index (χ4v) is 5.62. The van der Waals surface area contributed by atoms with Crippen LogP contribution in [0.25, 0.3) is 11.0 Å². The normalized spacial score (nSPS) is 13.3. The predicted octanol–water partition coefficient (Wildman–Crippen LogP) is 5.49. The summed E-state index contributed by atoms with van der Waals surface area (Å²) >= 11 is 1.16. The molecule has 1 aliphatic heterocycles. The molecule has 2 aromatic heterocycles. The maximum atomic E-state index is 14.2. The van der Waals surface area contributed by atoms with Gasteiger partial charge in [-0.05, 0) is 60.9 Å². The molecule has 6 rings (SSSR count). The van der Waals surface area contributed by atoms with Crippen LogP contribution in [0.1, 0.15) is 26.4 Å². The molecule has 0 aliphatic carbocycles. The Morgan fingerprint density at radius 1 is 0.927 bits per heavy atom. The molecule has 0 bridgehead atoms. The lowest BCUT2D eigenvalue weighted by atomic mass is 10.1. The van der Waals surface area contributed by atoms with Crippen molar-refractivity contribution in [1.82, 2.24) is 19.2 Å². The van der Waals surface area contributed by atoms with Gasteiger partial charge in [0.2, 0.25) is 0 Å². The number of aromatic nitrogens is 3. The number of anilines is 4. The summed E-state index contributed by atoms with van der Waals surface area (Å²) in [4.78, 5) is 39.3. The smallest absolute Gasteiger partial charge is 0.260 e. The van der Waals surface area contributed by atoms with Gasteiger partial charge in [0, 0.05) is 37.4 Å². The third-order valence-corrected chi connectivity index (χ3v) is 7.76. The quantitative estimate of drug-likeness (QED) is 0.280. The summed E-state index contributed by atoms with van der Waals surface area (Å²) in [7, 11) is 0. The molecule has 0 radical (unpaired) electrons. The third-order valence-electron chi connectivity index (χ3n) is 6.91. The minimum atomic E-state index is -0.351. The number of hydrogen-bond acceptors (Lipinski definition) is 8. The number of carbonyl (C=O) groups excluding carboxylic acids is 2. The van der Waals surface area contributed by atoms with Gasteiger partial charge in [0.05, 0.1) is 34.2 Å². The topological polar surface area (TPSA) is 103 Å². The van der Waals surface area contributed by atoms with Crippen molar-refractivity contribution < 1.29 is 14.0 Å². The number of amides is 2. The third kappa shape index (κ3) is 5.57. The van der Waals surface area contributed by atoms with Crippen LogP contribution in [-0.2, 0) is 0 Å². The number of benzene rings is 3. The molecule has 0 saturated carbocycles. The van der Waals surface area contributed by atoms with E-state index in [1.54, 1.807) is 60.5 Å². The van der Waals surface area contributed by atoms with Gasteiger partial charge in [-0.25, -0.2) is 9.37 Å². The molecule has 2 N–H and O–H groups in total. The Labute approximate surface area is 239 Å². The second kappa shape index (κ2) is 11.3. The van der Waals surface area contributed by atoms with Gasteiger partial charge in [0.15, 0.2) is 0 Å². The highest BCUT2D eigenvalue weighted by molar-refractivity contribution is 7.10. The van der Waals surface area contributed by atoms with Crippen LogP contribution in [0.4, 0.5) is 26.6 Å². The van der Waals surface area contributed by atoms with Crippen LogP contribution >= 0.6 is 11.5 Å². The highest BCUT2D eigenvalue weighted by Crippen LogP contribution is 2.29. The monoisotopic (exact) mass is 567 g/mol. The highest BCUT2D eigenvalue weighted by Gasteiger charge is 2.24. The van der Waals surface area contributed by atoms with Gasteiger partial charge in [-0.3, -0.25) is 14.6 Å². The highest BCUT2D eigenvalue weighted by atomic mass is 32.1. The number of nitrogens with one attached hydrogen (secondary N) is 2. The molecule has 41 heavy (non-hydrogen) atoms. The van der Waals surface area contributed by atoms with Gasteiger partial charge in [-0.1, -0.05) is 30.3 Å². The van der Waals surface area contributed by atoms with Crippen molar-refractivity contribution in [3.8, 4) is 0 Å². The summed E-state index contributed by atoms with van der Waals surface area (Å²) in [5.74, 6) is -0.255. The number of para-hydroxylation sites is 3. The first kappa shape index (κ1) is 26.3. The molecular weight excluding hydrogens is 541 g/mol. The maximum absolute atomic E-state index is 14.2. The summed E-state index contributed by atoms with van der Waals surface area (Å²) in [6.07, 6.45) is 1.62. The van der Waals surface area contributed by atoms with E-state index < -0.39 is 0 Å². The van der Waals surface area contributed by atoms with Crippen LogP contribution in [0.5, 0.6) is 0 Å². The zero-order valence-electron chi connectivity index (χ0n) is 22.2. The molecule has 1 fully saturated rings. The van der Waals surface area contributed by atoms with Crippen LogP contribution in [0, 0.1) is 12.7 Å². The fraction of sp³-hybridized carbons (Fsp3) is 0.167. The molecule has 11 heteroatoms. The van der Waals surface area contributed by atoms with E-state index in [4.69, 9.17) is 0 Å². The number of fused-ring (bicyclic) bond motifs is 1. The number of nitrogens with zero attached hydrogens (tertiary/aromatic N) is 5. The van der Waals surface area contributed by atoms with Crippen LogP contribution in [0.15, 0.2) is 79.0 Å². The van der Waals surface area contributed by atoms with Crippen molar-refractivity contribution in [3.63, 3.8) is 0 Å². The number of halogens is 1. The van der Waals surface area contributed by atoms with Gasteiger partial charge in [0.25, 0.3) is 11.8 Å². The maximum Gasteiger partial charge on any atom is 0.260 e. The van der Waals surface area contributed by atoms with E-state index in [0.717, 1.165) is 22.6 Å². The second-order valence-electron chi connectivity index (χ2n) is 9.61. The van der Waals surface area contributed by atoms with Gasteiger partial charge < -0.3 is 20.4 Å². The summed E-state index contributed by atoms with van der Waals surface area (Å²) in [6.45, 7) is 3.77. The lowest BCUT2D eigenvalue weighted by molar-refractivity contribution is 0.0746. The first-order valence-corrected chi connectivity index (χ1v) is 13.9. The molecule has 0 unspecified atom stereocenters. The fourth-order valence-electron chi connectivity index (χ4n) is 4.82. The minimum absolute atomic E-state index is 0.139. The largest absolute Gasteiger partial charge is 0.366 e. The van der Waals surface area contributed by atoms with Crippen molar-refractivity contribution in [2.45, 2.75) is 6.92 Å². The lowest BCUT2D eigenvalue weighted by Crippen LogP contribution is -2.49. The van der Waals surface area contributed by atoms with E-state index in [1.807, 2.05) is 29.2 Å². The van der Waals surface area contributed by atoms with E-state index in [1.165, 1.54) is 6.07 Å². The molecule has 0 atom stereocenters. The van der Waals surface area contributed by atoms with Crippen LogP contribution < -0.4 is 15.5 Å². The predicted molar refractivity (Wildman–Crippen MR) is 159 cm³/mol. The number of aryl methyl sites for hydroxylation is 1. The van der Waals surface area contributed by atoms with Crippen molar-refractivity contribution in [2.24, 2.45) is 0 Å². The molecule has 206 valence electrons. The van der Waals surface area contributed by atoms with Crippen LogP contribution in [-0.4, -0.2) is 57.2 Å². The lowest BCUT2D eigenvalue weighted by Gasteiger charge is -2.36. The average Bonchev–Trinajstić information content (AvgIpc) is 3.36. The Hall–Kier alpha value is -4.90. The van der Waals surface area contributed by atoms with Crippen molar-refractivity contribution in [3.05, 3.63) is 102 Å². The van der Waals surface area contributed by atoms with Gasteiger partial charge in [-0.2, -0.15) is 4.37 Å². The Bertz CT molecular complexity index is 1750. The van der Waals surface area contributed by atoms with Gasteiger partial charge >= 0.3 is 0 Å². The van der Waals surface area contributed by atoms with Crippen molar-refractivity contribution in [2.75, 3.05) is 41.7 Å². The zero-order valence-corrected chi connectivity index (χ0v) is 23.0. The first-order chi connectivity index (χ1) is 20.0. The standard InChI is InChI=1S/C30H26FN7O2S/c1-19-27(29(41-36-19)35-26-18-32-23-10-3-4-11-24(23)34-26)28(39)33-21-8-6-7-20(17-21)30(40)38-15-13-37(14-16-38)25-12-5-2-9-22(25)31/h2-12,17-18H,13-16H2,1H3,(H,33,39)(H,34,35). The molecule has 1 aliphatic rings. The number of hydrogen-bond donors (Lipinski definition) is 2. The average molecular weight is 568 g/mol. The molecule has 2 amide bonds. The zero-order chi connectivity index (χ0) is 28.3. The summed E-state index contributed by atoms with van der Waals surface area (Å²) in [5.41, 5.74) is 3.98. The van der Waals surface area contributed by atoms with Crippen LogP contribution in [0.2, 0.25) is 0 Å². The molecule has 3 heterocycles. The summed E-state index contributed by atoms with van der Waals surface area (Å²) < 4.78 is 18.6. The molecule has 9 nitrogen and oxygen atoms in total. The second-order valence-corrected chi connectivity index (χ2v) is 10.4. The van der Waals surface area contributed by atoms with Gasteiger partial charge in [-0.15, -0.1) is 0 Å². The van der Waals surface area contributed by atoms with Crippen molar-refractivity contribution >= 4 is 56.6 Å². The summed E-state index contributed by atoms with van der Waals surface area (Å²) in [6, 6.07) is 21.1. The Kier molecular flexibility index (Phi) is 7.26. The minimum Gasteiger partial charge on any atom is -0.366 e. The Morgan fingerprint density at radius 2 is 1.68 bits per heavy atom.